The van der Waals surface area contributed by atoms with E-state index in [9.17, 15) is 9.59 Å². The second kappa shape index (κ2) is 6.61. The van der Waals surface area contributed by atoms with E-state index in [4.69, 9.17) is 5.11 Å². The maximum atomic E-state index is 12.4. The quantitative estimate of drug-likeness (QED) is 0.838. The molecule has 0 aromatic carbocycles. The van der Waals surface area contributed by atoms with Crippen molar-refractivity contribution >= 4 is 12.0 Å². The van der Waals surface area contributed by atoms with Gasteiger partial charge >= 0.3 is 12.0 Å². The predicted molar refractivity (Wildman–Crippen MR) is 69.5 cm³/mol. The van der Waals surface area contributed by atoms with Crippen LogP contribution in [-0.4, -0.2) is 52.1 Å². The monoisotopic (exact) mass is 256 g/mol. The average molecular weight is 256 g/mol. The van der Waals surface area contributed by atoms with E-state index in [-0.39, 0.29) is 24.7 Å². The van der Waals surface area contributed by atoms with Crippen molar-refractivity contribution in [3.05, 3.63) is 0 Å². The van der Waals surface area contributed by atoms with Crippen LogP contribution in [0.15, 0.2) is 0 Å². The van der Waals surface area contributed by atoms with Crippen molar-refractivity contribution in [2.24, 2.45) is 0 Å². The van der Waals surface area contributed by atoms with Gasteiger partial charge in [-0.1, -0.05) is 6.92 Å². The Bertz CT molecular complexity index is 297. The van der Waals surface area contributed by atoms with Crippen molar-refractivity contribution in [1.82, 2.24) is 9.80 Å². The second-order valence-electron chi connectivity index (χ2n) is 5.13. The highest BCUT2D eigenvalue weighted by Gasteiger charge is 2.32. The summed E-state index contributed by atoms with van der Waals surface area (Å²) in [6, 6.07) is 0.280. The van der Waals surface area contributed by atoms with E-state index >= 15 is 0 Å². The molecule has 5 nitrogen and oxygen atoms in total. The summed E-state index contributed by atoms with van der Waals surface area (Å²) >= 11 is 0. The molecule has 1 heterocycles. The number of nitrogens with zero attached hydrogens (tertiary/aromatic N) is 2. The third-order valence-electron chi connectivity index (χ3n) is 3.50. The first-order valence-electron chi connectivity index (χ1n) is 6.76. The van der Waals surface area contributed by atoms with E-state index in [0.717, 1.165) is 25.7 Å². The van der Waals surface area contributed by atoms with Crippen LogP contribution in [0.3, 0.4) is 0 Å². The summed E-state index contributed by atoms with van der Waals surface area (Å²) < 4.78 is 0. The van der Waals surface area contributed by atoms with E-state index < -0.39 is 5.97 Å². The Kier molecular flexibility index (Phi) is 5.44. The SMILES string of the molecule is CCCN(CC(=O)O)C(=O)N1[C@H](C)CCC[C@@H]1C. The molecule has 0 spiro atoms. The first-order chi connectivity index (χ1) is 8.47. The number of hydrogen-bond donors (Lipinski definition) is 1. The molecule has 0 aromatic heterocycles. The van der Waals surface area contributed by atoms with E-state index in [1.165, 1.54) is 4.90 Å². The average Bonchev–Trinajstić information content (AvgIpc) is 2.27. The van der Waals surface area contributed by atoms with Gasteiger partial charge in [-0.2, -0.15) is 0 Å². The van der Waals surface area contributed by atoms with Crippen molar-refractivity contribution in [2.45, 2.75) is 58.5 Å². The van der Waals surface area contributed by atoms with Gasteiger partial charge in [-0.15, -0.1) is 0 Å². The normalized spacial score (nSPS) is 23.8. The first kappa shape index (κ1) is 14.8. The van der Waals surface area contributed by atoms with Gasteiger partial charge < -0.3 is 14.9 Å². The fraction of sp³-hybridized carbons (Fsp3) is 0.846. The molecule has 0 bridgehead atoms. The second-order valence-corrected chi connectivity index (χ2v) is 5.13. The third-order valence-corrected chi connectivity index (χ3v) is 3.50. The van der Waals surface area contributed by atoms with E-state index in [2.05, 4.69) is 0 Å². The lowest BCUT2D eigenvalue weighted by atomic mass is 9.98. The summed E-state index contributed by atoms with van der Waals surface area (Å²) in [6.45, 7) is 6.33. The Morgan fingerprint density at radius 1 is 1.28 bits per heavy atom. The molecule has 1 fully saturated rings. The van der Waals surface area contributed by atoms with Gasteiger partial charge in [0.25, 0.3) is 0 Å². The molecule has 2 amide bonds. The zero-order valence-corrected chi connectivity index (χ0v) is 11.6. The van der Waals surface area contributed by atoms with Crippen LogP contribution < -0.4 is 0 Å². The van der Waals surface area contributed by atoms with Gasteiger partial charge in [-0.3, -0.25) is 4.79 Å². The number of piperidine rings is 1. The standard InChI is InChI=1S/C13H24N2O3/c1-4-8-14(9-12(16)17)13(18)15-10(2)6-5-7-11(15)3/h10-11H,4-9H2,1-3H3,(H,16,17)/t10-,11+. The van der Waals surface area contributed by atoms with Crippen molar-refractivity contribution in [1.29, 1.82) is 0 Å². The molecule has 1 rings (SSSR count). The van der Waals surface area contributed by atoms with Crippen molar-refractivity contribution < 1.29 is 14.7 Å². The summed E-state index contributed by atoms with van der Waals surface area (Å²) in [5, 5.41) is 8.88. The van der Waals surface area contributed by atoms with Crippen LogP contribution in [-0.2, 0) is 4.79 Å². The van der Waals surface area contributed by atoms with Crippen LogP contribution in [0.25, 0.3) is 0 Å². The smallest absolute Gasteiger partial charge is 0.323 e. The Morgan fingerprint density at radius 2 is 1.83 bits per heavy atom. The molecule has 1 aliphatic rings. The minimum Gasteiger partial charge on any atom is -0.480 e. The number of carbonyl (C=O) groups is 2. The van der Waals surface area contributed by atoms with Crippen LogP contribution in [0.2, 0.25) is 0 Å². The van der Waals surface area contributed by atoms with Gasteiger partial charge in [0, 0.05) is 18.6 Å². The molecule has 0 unspecified atom stereocenters. The maximum absolute atomic E-state index is 12.4. The van der Waals surface area contributed by atoms with E-state index in [1.807, 2.05) is 25.7 Å². The largest absolute Gasteiger partial charge is 0.480 e. The van der Waals surface area contributed by atoms with Crippen LogP contribution in [0, 0.1) is 0 Å². The van der Waals surface area contributed by atoms with Gasteiger partial charge in [0.05, 0.1) is 0 Å². The number of carboxylic acid groups (broad SMARTS) is 1. The summed E-state index contributed by atoms with van der Waals surface area (Å²) in [5.74, 6) is -0.950. The van der Waals surface area contributed by atoms with Crippen LogP contribution in [0.4, 0.5) is 4.79 Å². The molecular weight excluding hydrogens is 232 g/mol. The topological polar surface area (TPSA) is 60.9 Å². The Morgan fingerprint density at radius 3 is 2.28 bits per heavy atom. The van der Waals surface area contributed by atoms with Crippen LogP contribution >= 0.6 is 0 Å². The zero-order chi connectivity index (χ0) is 13.7. The molecule has 0 saturated carbocycles. The Balaban J connectivity index is 2.76. The number of urea groups is 1. The lowest BCUT2D eigenvalue weighted by Crippen LogP contribution is -2.54. The predicted octanol–water partition coefficient (Wildman–Crippen LogP) is 2.17. The highest BCUT2D eigenvalue weighted by Crippen LogP contribution is 2.23. The first-order valence-corrected chi connectivity index (χ1v) is 6.76. The number of amides is 2. The van der Waals surface area contributed by atoms with Crippen molar-refractivity contribution in [3.8, 4) is 0 Å². The van der Waals surface area contributed by atoms with Crippen molar-refractivity contribution in [2.75, 3.05) is 13.1 Å². The number of hydrogen-bond acceptors (Lipinski definition) is 2. The molecule has 5 heteroatoms. The van der Waals surface area contributed by atoms with Crippen LogP contribution in [0.1, 0.15) is 46.5 Å². The van der Waals surface area contributed by atoms with Gasteiger partial charge in [-0.25, -0.2) is 4.79 Å². The Labute approximate surface area is 109 Å². The number of aliphatic carboxylic acids is 1. The number of carbonyl (C=O) groups excluding carboxylic acids is 1. The molecule has 104 valence electrons. The minimum atomic E-state index is -0.950. The minimum absolute atomic E-state index is 0.126. The lowest BCUT2D eigenvalue weighted by molar-refractivity contribution is -0.137. The van der Waals surface area contributed by atoms with E-state index in [0.29, 0.717) is 6.54 Å². The summed E-state index contributed by atoms with van der Waals surface area (Å²) in [4.78, 5) is 26.5. The summed E-state index contributed by atoms with van der Waals surface area (Å²) in [7, 11) is 0. The van der Waals surface area contributed by atoms with Gasteiger partial charge in [-0.05, 0) is 39.5 Å². The van der Waals surface area contributed by atoms with Crippen molar-refractivity contribution in [3.63, 3.8) is 0 Å². The Hall–Kier alpha value is -1.26. The third kappa shape index (κ3) is 3.62. The lowest BCUT2D eigenvalue weighted by Gasteiger charge is -2.41. The fourth-order valence-corrected chi connectivity index (χ4v) is 2.64. The molecule has 1 aliphatic heterocycles. The number of likely N-dealkylation sites (tertiary alicyclic amines) is 1. The van der Waals surface area contributed by atoms with Gasteiger partial charge in [0.15, 0.2) is 0 Å². The molecule has 0 radical (unpaired) electrons. The highest BCUT2D eigenvalue weighted by atomic mass is 16.4. The maximum Gasteiger partial charge on any atom is 0.323 e. The molecule has 18 heavy (non-hydrogen) atoms. The van der Waals surface area contributed by atoms with Crippen LogP contribution in [0.5, 0.6) is 0 Å². The number of rotatable bonds is 4. The molecule has 1 N–H and O–H groups in total. The van der Waals surface area contributed by atoms with Gasteiger partial charge in [0.1, 0.15) is 6.54 Å². The highest BCUT2D eigenvalue weighted by molar-refractivity contribution is 5.80. The fourth-order valence-electron chi connectivity index (χ4n) is 2.64. The molecule has 0 aliphatic carbocycles. The van der Waals surface area contributed by atoms with Gasteiger partial charge in [0.2, 0.25) is 0 Å². The van der Waals surface area contributed by atoms with E-state index in [1.54, 1.807) is 0 Å². The summed E-state index contributed by atoms with van der Waals surface area (Å²) in [5.41, 5.74) is 0. The molecule has 0 aromatic rings. The zero-order valence-electron chi connectivity index (χ0n) is 11.6. The molecule has 2 atom stereocenters. The molecule has 1 saturated heterocycles. The molecular formula is C13H24N2O3. The number of carboxylic acids is 1. The summed E-state index contributed by atoms with van der Waals surface area (Å²) in [6.07, 6.45) is 3.92.